The predicted octanol–water partition coefficient (Wildman–Crippen LogP) is 5.62. The molecule has 0 spiro atoms. The van der Waals surface area contributed by atoms with Gasteiger partial charge in [-0.05, 0) is 74.0 Å². The highest BCUT2D eigenvalue weighted by atomic mass is 16.7. The fourth-order valence-corrected chi connectivity index (χ4v) is 4.34. The number of aryl methyl sites for hydroxylation is 1. The molecule has 0 atom stereocenters. The van der Waals surface area contributed by atoms with Crippen molar-refractivity contribution in [2.45, 2.75) is 47.1 Å². The predicted molar refractivity (Wildman–Crippen MR) is 178 cm³/mol. The maximum Gasteiger partial charge on any atom is 0.320 e. The van der Waals surface area contributed by atoms with Crippen molar-refractivity contribution in [3.05, 3.63) is 95.5 Å². The van der Waals surface area contributed by atoms with E-state index in [0.717, 1.165) is 22.6 Å². The van der Waals surface area contributed by atoms with E-state index >= 15 is 0 Å². The molecule has 0 aliphatic carbocycles. The first-order valence-electron chi connectivity index (χ1n) is 14.8. The topological polar surface area (TPSA) is 131 Å². The lowest BCUT2D eigenvalue weighted by atomic mass is 10.1. The van der Waals surface area contributed by atoms with Crippen LogP contribution in [0, 0.1) is 0 Å². The number of hydrogen-bond acceptors (Lipinski definition) is 8. The maximum absolute atomic E-state index is 13.7. The number of benzene rings is 2. The van der Waals surface area contributed by atoms with E-state index in [4.69, 9.17) is 4.98 Å². The molecular weight excluding hydrogens is 570 g/mol. The number of anilines is 2. The summed E-state index contributed by atoms with van der Waals surface area (Å²) < 4.78 is 1.97. The molecule has 236 valence electrons. The van der Waals surface area contributed by atoms with E-state index in [1.807, 2.05) is 54.9 Å². The molecule has 11 heteroatoms. The Balaban J connectivity index is 0.00000177. The number of carbonyl (C=O) groups is 3. The van der Waals surface area contributed by atoms with Crippen molar-refractivity contribution in [1.29, 1.82) is 0 Å². The molecule has 0 bridgehead atoms. The summed E-state index contributed by atoms with van der Waals surface area (Å²) in [7, 11) is 3.52. The summed E-state index contributed by atoms with van der Waals surface area (Å²) in [4.78, 5) is 55.9. The third-order valence-corrected chi connectivity index (χ3v) is 6.86. The van der Waals surface area contributed by atoms with Crippen LogP contribution >= 0.6 is 0 Å². The Labute approximate surface area is 264 Å². The van der Waals surface area contributed by atoms with Crippen LogP contribution in [0.4, 0.5) is 11.5 Å². The number of rotatable bonds is 12. The number of aromatic nitrogens is 3. The number of Topliss-reactive ketones (excluding diaryl/α,β-unsaturated/α-hetero) is 1. The van der Waals surface area contributed by atoms with Crippen LogP contribution in [-0.2, 0) is 28.0 Å². The molecule has 2 N–H and O–H groups in total. The van der Waals surface area contributed by atoms with Crippen molar-refractivity contribution in [3.8, 4) is 0 Å². The molecule has 45 heavy (non-hydrogen) atoms. The monoisotopic (exact) mass is 611 g/mol. The molecule has 11 nitrogen and oxygen atoms in total. The highest BCUT2D eigenvalue weighted by Crippen LogP contribution is 2.21. The highest BCUT2D eigenvalue weighted by Gasteiger charge is 2.21. The van der Waals surface area contributed by atoms with E-state index in [0.29, 0.717) is 41.3 Å². The van der Waals surface area contributed by atoms with Gasteiger partial charge in [-0.1, -0.05) is 32.4 Å². The summed E-state index contributed by atoms with van der Waals surface area (Å²) in [6.07, 6.45) is 4.84. The average Bonchev–Trinajstić information content (AvgIpc) is 3.39. The molecule has 0 saturated heterocycles. The summed E-state index contributed by atoms with van der Waals surface area (Å²) >= 11 is 0. The molecule has 1 amide bonds. The first kappa shape index (κ1) is 34.2. The van der Waals surface area contributed by atoms with Crippen molar-refractivity contribution < 1.29 is 19.2 Å². The van der Waals surface area contributed by atoms with Gasteiger partial charge in [0.1, 0.15) is 11.6 Å². The molecule has 0 radical (unpaired) electrons. The fraction of sp³-hybridized carbons (Fsp3) is 0.294. The third kappa shape index (κ3) is 9.09. The van der Waals surface area contributed by atoms with Crippen LogP contribution in [0.5, 0.6) is 0 Å². The largest absolute Gasteiger partial charge is 0.378 e. The smallest absolute Gasteiger partial charge is 0.320 e. The van der Waals surface area contributed by atoms with Gasteiger partial charge in [0.15, 0.2) is 11.6 Å². The number of amidine groups is 1. The van der Waals surface area contributed by atoms with Crippen LogP contribution in [-0.4, -0.2) is 52.1 Å². The number of aliphatic imine (C=N–C) groups is 1. The quantitative estimate of drug-likeness (QED) is 0.0694. The molecule has 0 saturated carbocycles. The Morgan fingerprint density at radius 3 is 2.40 bits per heavy atom. The number of imidazole rings is 1. The van der Waals surface area contributed by atoms with Crippen LogP contribution in [0.25, 0.3) is 11.0 Å². The van der Waals surface area contributed by atoms with Gasteiger partial charge in [0, 0.05) is 50.1 Å². The number of amides is 1. The molecule has 2 aromatic carbocycles. The van der Waals surface area contributed by atoms with Gasteiger partial charge >= 0.3 is 6.47 Å². The van der Waals surface area contributed by atoms with Crippen molar-refractivity contribution in [3.63, 3.8) is 0 Å². The summed E-state index contributed by atoms with van der Waals surface area (Å²) in [6.45, 7) is 8.79. The van der Waals surface area contributed by atoms with Crippen molar-refractivity contribution >= 4 is 46.5 Å². The standard InChI is InChI=1S/C31H33N7O4.C3H8/c1-5-21(2)27(40)15-17-38(28-8-6-7-16-33-28)31(41)23-11-14-26-25(18-23)35-29(37(26)4)19-34-24-12-9-22(10-13-24)30(32-3)36-42-20-39;1-3-2/h5-14,16,18,20,34H,15,17,19H2,1-4H3,(H,32,36);3H2,1-2H3/b21-5+;. The average molecular weight is 612 g/mol. The lowest BCUT2D eigenvalue weighted by Gasteiger charge is -2.21. The van der Waals surface area contributed by atoms with Gasteiger partial charge in [-0.15, -0.1) is 0 Å². The number of allylic oxidation sites excluding steroid dienone is 2. The molecule has 2 heterocycles. The van der Waals surface area contributed by atoms with Crippen LogP contribution in [0.2, 0.25) is 0 Å². The Hall–Kier alpha value is -5.32. The van der Waals surface area contributed by atoms with Crippen molar-refractivity contribution in [2.75, 3.05) is 23.8 Å². The van der Waals surface area contributed by atoms with Gasteiger partial charge in [0.05, 0.1) is 17.6 Å². The lowest BCUT2D eigenvalue weighted by Crippen LogP contribution is -2.33. The number of nitrogens with zero attached hydrogens (tertiary/aromatic N) is 5. The second-order valence-electron chi connectivity index (χ2n) is 10.1. The molecule has 0 fully saturated rings. The molecule has 4 aromatic rings. The minimum absolute atomic E-state index is 0.0132. The zero-order valence-corrected chi connectivity index (χ0v) is 26.7. The number of hydroxylamine groups is 1. The minimum Gasteiger partial charge on any atom is -0.378 e. The summed E-state index contributed by atoms with van der Waals surface area (Å²) in [5.74, 6) is 1.42. The maximum atomic E-state index is 13.7. The molecule has 2 aromatic heterocycles. The number of fused-ring (bicyclic) bond motifs is 1. The van der Waals surface area contributed by atoms with E-state index in [-0.39, 0.29) is 24.7 Å². The van der Waals surface area contributed by atoms with Gasteiger partial charge in [-0.2, -0.15) is 0 Å². The van der Waals surface area contributed by atoms with Gasteiger partial charge in [0.25, 0.3) is 5.91 Å². The van der Waals surface area contributed by atoms with Gasteiger partial charge < -0.3 is 14.7 Å². The highest BCUT2D eigenvalue weighted by molar-refractivity contribution is 6.07. The number of nitrogens with one attached hydrogen (secondary N) is 2. The van der Waals surface area contributed by atoms with E-state index < -0.39 is 0 Å². The Bertz CT molecular complexity index is 1640. The fourth-order valence-electron chi connectivity index (χ4n) is 4.34. The second kappa shape index (κ2) is 17.1. The molecule has 4 rings (SSSR count). The molecular formula is C34H41N7O4. The summed E-state index contributed by atoms with van der Waals surface area (Å²) in [6, 6.07) is 18.2. The minimum atomic E-state index is -0.255. The number of hydrogen-bond donors (Lipinski definition) is 2. The normalized spacial score (nSPS) is 11.3. The van der Waals surface area contributed by atoms with Crippen molar-refractivity contribution in [2.24, 2.45) is 12.0 Å². The summed E-state index contributed by atoms with van der Waals surface area (Å²) in [5, 5.41) is 3.36. The van der Waals surface area contributed by atoms with Gasteiger partial charge in [-0.3, -0.25) is 24.3 Å². The van der Waals surface area contributed by atoms with E-state index in [1.54, 1.807) is 50.5 Å². The van der Waals surface area contributed by atoms with E-state index in [9.17, 15) is 14.4 Å². The number of carbonyl (C=O) groups excluding carboxylic acids is 3. The van der Waals surface area contributed by atoms with Crippen LogP contribution in [0.15, 0.2) is 83.5 Å². The van der Waals surface area contributed by atoms with Gasteiger partial charge in [0.2, 0.25) is 0 Å². The number of ketones is 1. The SMILES string of the molecule is C/C=C(\C)C(=O)CCN(C(=O)c1ccc2c(c1)nc(CNc1ccc(C(=NC)NOC=O)cc1)n2C)c1ccccn1.CCC. The van der Waals surface area contributed by atoms with Crippen LogP contribution < -0.4 is 15.7 Å². The Morgan fingerprint density at radius 1 is 1.07 bits per heavy atom. The van der Waals surface area contributed by atoms with E-state index in [1.165, 1.54) is 11.3 Å². The molecule has 0 aliphatic heterocycles. The van der Waals surface area contributed by atoms with E-state index in [2.05, 4.69) is 39.5 Å². The van der Waals surface area contributed by atoms with Crippen molar-refractivity contribution in [1.82, 2.24) is 20.0 Å². The zero-order valence-electron chi connectivity index (χ0n) is 26.7. The van der Waals surface area contributed by atoms with Gasteiger partial charge in [-0.25, -0.2) is 15.4 Å². The lowest BCUT2D eigenvalue weighted by molar-refractivity contribution is -0.132. The summed E-state index contributed by atoms with van der Waals surface area (Å²) in [5.41, 5.74) is 6.78. The zero-order chi connectivity index (χ0) is 32.8. The second-order valence-corrected chi connectivity index (χ2v) is 10.1. The molecule has 0 unspecified atom stereocenters. The number of pyridine rings is 1. The Morgan fingerprint density at radius 2 is 1.78 bits per heavy atom. The first-order valence-corrected chi connectivity index (χ1v) is 14.8. The third-order valence-electron chi connectivity index (χ3n) is 6.86. The van der Waals surface area contributed by atoms with Crippen LogP contribution in [0.1, 0.15) is 62.3 Å². The van der Waals surface area contributed by atoms with Crippen LogP contribution in [0.3, 0.4) is 0 Å². The molecule has 0 aliphatic rings. The first-order chi connectivity index (χ1) is 21.8. The Kier molecular flexibility index (Phi) is 13.0.